The topological polar surface area (TPSA) is 109 Å². The molecule has 1 aromatic carbocycles. The third kappa shape index (κ3) is 4.61. The van der Waals surface area contributed by atoms with Gasteiger partial charge in [-0.15, -0.1) is 11.3 Å². The number of benzene rings is 1. The number of hydrogen-bond donors (Lipinski definition) is 1. The second kappa shape index (κ2) is 9.41. The highest BCUT2D eigenvalue weighted by Crippen LogP contribution is 2.36. The molecule has 168 valence electrons. The van der Waals surface area contributed by atoms with E-state index in [-0.39, 0.29) is 32.5 Å². The number of esters is 1. The number of carbonyl (C=O) groups excluding carboxylic acids is 2. The van der Waals surface area contributed by atoms with Gasteiger partial charge in [0.05, 0.1) is 18.8 Å². The number of fused-ring (bicyclic) bond motifs is 1. The van der Waals surface area contributed by atoms with Crippen LogP contribution >= 0.6 is 11.3 Å². The SMILES string of the molecule is CCOC(=O)c1c(NC(=O)COCc2cc(-c3ccc4c(c3)OCO4)on2)sc(C)c1C. The maximum absolute atomic E-state index is 12.3. The van der Waals surface area contributed by atoms with Crippen LogP contribution in [-0.4, -0.2) is 37.0 Å². The second-order valence-electron chi connectivity index (χ2n) is 7.00. The number of aromatic nitrogens is 1. The number of hydrogen-bond acceptors (Lipinski definition) is 9. The average Bonchev–Trinajstić information content (AvgIpc) is 3.48. The van der Waals surface area contributed by atoms with Gasteiger partial charge in [-0.1, -0.05) is 5.16 Å². The summed E-state index contributed by atoms with van der Waals surface area (Å²) in [6.07, 6.45) is 0. The van der Waals surface area contributed by atoms with Crippen molar-refractivity contribution in [2.75, 3.05) is 25.3 Å². The Morgan fingerprint density at radius 3 is 2.81 bits per heavy atom. The van der Waals surface area contributed by atoms with Crippen LogP contribution in [-0.2, 0) is 20.9 Å². The Morgan fingerprint density at radius 2 is 2.00 bits per heavy atom. The lowest BCUT2D eigenvalue weighted by Crippen LogP contribution is -2.19. The third-order valence-corrected chi connectivity index (χ3v) is 5.94. The summed E-state index contributed by atoms with van der Waals surface area (Å²) >= 11 is 1.33. The van der Waals surface area contributed by atoms with Gasteiger partial charge < -0.3 is 28.8 Å². The van der Waals surface area contributed by atoms with Crippen LogP contribution in [0.3, 0.4) is 0 Å². The maximum atomic E-state index is 12.3. The Kier molecular flexibility index (Phi) is 6.42. The van der Waals surface area contributed by atoms with E-state index < -0.39 is 5.97 Å². The summed E-state index contributed by atoms with van der Waals surface area (Å²) in [5.41, 5.74) is 2.51. The van der Waals surface area contributed by atoms with Gasteiger partial charge in [0.1, 0.15) is 17.3 Å². The number of rotatable bonds is 8. The standard InChI is InChI=1S/C22H22N2O7S/c1-4-28-22(26)20-12(2)13(3)32-21(20)23-19(25)10-27-9-15-8-17(31-24-15)14-5-6-16-18(7-14)30-11-29-16/h5-8H,4,9-11H2,1-3H3,(H,23,25). The molecule has 1 aliphatic heterocycles. The normalized spacial score (nSPS) is 12.1. The van der Waals surface area contributed by atoms with E-state index in [2.05, 4.69) is 10.5 Å². The first-order valence-electron chi connectivity index (χ1n) is 9.96. The molecule has 0 fully saturated rings. The lowest BCUT2D eigenvalue weighted by atomic mass is 10.1. The number of thiophene rings is 1. The van der Waals surface area contributed by atoms with E-state index in [0.717, 1.165) is 16.0 Å². The lowest BCUT2D eigenvalue weighted by molar-refractivity contribution is -0.121. The summed E-state index contributed by atoms with van der Waals surface area (Å²) in [7, 11) is 0. The number of ether oxygens (including phenoxy) is 4. The number of amides is 1. The van der Waals surface area contributed by atoms with Gasteiger partial charge >= 0.3 is 5.97 Å². The summed E-state index contributed by atoms with van der Waals surface area (Å²) in [6, 6.07) is 7.20. The minimum Gasteiger partial charge on any atom is -0.462 e. The maximum Gasteiger partial charge on any atom is 0.341 e. The van der Waals surface area contributed by atoms with Crippen LogP contribution in [0.4, 0.5) is 5.00 Å². The van der Waals surface area contributed by atoms with Gasteiger partial charge in [0.2, 0.25) is 6.79 Å². The molecule has 0 radical (unpaired) electrons. The molecule has 1 amide bonds. The third-order valence-electron chi connectivity index (χ3n) is 4.82. The molecule has 0 atom stereocenters. The Labute approximate surface area is 188 Å². The van der Waals surface area contributed by atoms with E-state index in [0.29, 0.717) is 33.5 Å². The van der Waals surface area contributed by atoms with Crippen molar-refractivity contribution in [1.29, 1.82) is 0 Å². The van der Waals surface area contributed by atoms with Crippen LogP contribution in [0.2, 0.25) is 0 Å². The van der Waals surface area contributed by atoms with Gasteiger partial charge in [0.25, 0.3) is 5.91 Å². The van der Waals surface area contributed by atoms with Crippen molar-refractivity contribution in [1.82, 2.24) is 5.16 Å². The summed E-state index contributed by atoms with van der Waals surface area (Å²) in [5, 5.41) is 7.17. The molecule has 4 rings (SSSR count). The summed E-state index contributed by atoms with van der Waals surface area (Å²) in [5.74, 6) is 1.05. The van der Waals surface area contributed by atoms with E-state index >= 15 is 0 Å². The molecular formula is C22H22N2O7S. The molecule has 0 saturated heterocycles. The molecule has 32 heavy (non-hydrogen) atoms. The molecule has 1 N–H and O–H groups in total. The lowest BCUT2D eigenvalue weighted by Gasteiger charge is -2.07. The van der Waals surface area contributed by atoms with Gasteiger partial charge in [-0.2, -0.15) is 0 Å². The van der Waals surface area contributed by atoms with Crippen molar-refractivity contribution in [2.24, 2.45) is 0 Å². The Hall–Kier alpha value is -3.37. The largest absolute Gasteiger partial charge is 0.462 e. The number of nitrogens with zero attached hydrogens (tertiary/aromatic N) is 1. The monoisotopic (exact) mass is 458 g/mol. The molecule has 1 aliphatic rings. The smallest absolute Gasteiger partial charge is 0.341 e. The first-order chi connectivity index (χ1) is 15.5. The Bertz CT molecular complexity index is 1150. The highest BCUT2D eigenvalue weighted by molar-refractivity contribution is 7.16. The molecular weight excluding hydrogens is 436 g/mol. The quantitative estimate of drug-likeness (QED) is 0.503. The van der Waals surface area contributed by atoms with Crippen molar-refractivity contribution in [3.63, 3.8) is 0 Å². The van der Waals surface area contributed by atoms with Crippen LogP contribution in [0.1, 0.15) is 33.4 Å². The van der Waals surface area contributed by atoms with E-state index in [4.69, 9.17) is 23.5 Å². The van der Waals surface area contributed by atoms with Gasteiger partial charge in [0, 0.05) is 16.5 Å². The highest BCUT2D eigenvalue weighted by atomic mass is 32.1. The fourth-order valence-corrected chi connectivity index (χ4v) is 4.21. The van der Waals surface area contributed by atoms with E-state index in [1.165, 1.54) is 11.3 Å². The fraction of sp³-hybridized carbons (Fsp3) is 0.318. The first-order valence-corrected chi connectivity index (χ1v) is 10.8. The number of aryl methyl sites for hydroxylation is 1. The molecule has 0 unspecified atom stereocenters. The first kappa shape index (κ1) is 21.8. The number of anilines is 1. The summed E-state index contributed by atoms with van der Waals surface area (Å²) in [6.45, 7) is 5.79. The van der Waals surface area contributed by atoms with Crippen molar-refractivity contribution < 1.29 is 33.1 Å². The average molecular weight is 458 g/mol. The van der Waals surface area contributed by atoms with E-state index in [9.17, 15) is 9.59 Å². The van der Waals surface area contributed by atoms with Crippen LogP contribution in [0.15, 0.2) is 28.8 Å². The van der Waals surface area contributed by atoms with Crippen LogP contribution in [0.25, 0.3) is 11.3 Å². The molecule has 0 spiro atoms. The summed E-state index contributed by atoms with van der Waals surface area (Å²) < 4.78 is 26.6. The van der Waals surface area contributed by atoms with E-state index in [1.54, 1.807) is 19.1 Å². The minimum atomic E-state index is -0.454. The molecule has 0 saturated carbocycles. The molecule has 10 heteroatoms. The Morgan fingerprint density at radius 1 is 1.19 bits per heavy atom. The zero-order valence-electron chi connectivity index (χ0n) is 17.9. The minimum absolute atomic E-state index is 0.0920. The summed E-state index contributed by atoms with van der Waals surface area (Å²) in [4.78, 5) is 25.5. The van der Waals surface area contributed by atoms with Gasteiger partial charge in [-0.25, -0.2) is 4.79 Å². The molecule has 0 bridgehead atoms. The molecule has 0 aliphatic carbocycles. The Balaban J connectivity index is 1.32. The molecule has 3 aromatic rings. The zero-order valence-corrected chi connectivity index (χ0v) is 18.7. The molecule has 2 aromatic heterocycles. The molecule has 9 nitrogen and oxygen atoms in total. The second-order valence-corrected chi connectivity index (χ2v) is 8.22. The van der Waals surface area contributed by atoms with Crippen molar-refractivity contribution in [3.8, 4) is 22.8 Å². The predicted octanol–water partition coefficient (Wildman–Crippen LogP) is 4.08. The van der Waals surface area contributed by atoms with Crippen LogP contribution in [0.5, 0.6) is 11.5 Å². The van der Waals surface area contributed by atoms with Gasteiger partial charge in [0.15, 0.2) is 17.3 Å². The highest BCUT2D eigenvalue weighted by Gasteiger charge is 2.22. The number of nitrogens with one attached hydrogen (secondary N) is 1. The van der Waals surface area contributed by atoms with E-state index in [1.807, 2.05) is 26.0 Å². The van der Waals surface area contributed by atoms with Gasteiger partial charge in [-0.3, -0.25) is 4.79 Å². The zero-order chi connectivity index (χ0) is 22.7. The molecule has 3 heterocycles. The number of carbonyl (C=O) groups is 2. The van der Waals surface area contributed by atoms with Crippen molar-refractivity contribution >= 4 is 28.2 Å². The predicted molar refractivity (Wildman–Crippen MR) is 116 cm³/mol. The van der Waals surface area contributed by atoms with Crippen molar-refractivity contribution in [2.45, 2.75) is 27.4 Å². The van der Waals surface area contributed by atoms with Crippen LogP contribution < -0.4 is 14.8 Å². The van der Waals surface area contributed by atoms with Crippen molar-refractivity contribution in [3.05, 3.63) is 46.0 Å². The van der Waals surface area contributed by atoms with Gasteiger partial charge in [-0.05, 0) is 44.5 Å². The van der Waals surface area contributed by atoms with Crippen LogP contribution in [0, 0.1) is 13.8 Å². The fourth-order valence-electron chi connectivity index (χ4n) is 3.14.